The SMILES string of the molecule is CCCC(C)(C)Cc1cc(COc2ccc3c(c2)C(CC)(CC(=O)O)CC3)ccc1-c1cc(OC)ncc1F. The van der Waals surface area contributed by atoms with Crippen LogP contribution in [0.2, 0.25) is 0 Å². The lowest BCUT2D eigenvalue weighted by atomic mass is 9.76. The number of pyridine rings is 1. The number of rotatable bonds is 12. The number of aryl methyl sites for hydroxylation is 1. The minimum Gasteiger partial charge on any atom is -0.489 e. The molecule has 0 bridgehead atoms. The van der Waals surface area contributed by atoms with Crippen LogP contribution in [0.1, 0.15) is 82.1 Å². The minimum absolute atomic E-state index is 0.0458. The molecule has 1 aliphatic rings. The third-order valence-corrected chi connectivity index (χ3v) is 8.19. The summed E-state index contributed by atoms with van der Waals surface area (Å²) in [6.07, 6.45) is 6.79. The third-order valence-electron chi connectivity index (χ3n) is 8.19. The molecule has 1 aromatic heterocycles. The highest BCUT2D eigenvalue weighted by atomic mass is 19.1. The first-order chi connectivity index (χ1) is 18.6. The standard InChI is InChI=1S/C33H40FNO4/c1-6-13-32(3,4)18-24-15-22(8-11-26(24)27-17-30(38-5)35-20-29(27)34)21-39-25-10-9-23-12-14-33(7-2,19-31(36)37)28(23)16-25/h8-11,15-17,20H,6-7,12-14,18-19,21H2,1-5H3,(H,36,37). The second-order valence-electron chi connectivity index (χ2n) is 11.6. The fourth-order valence-corrected chi connectivity index (χ4v) is 6.16. The maximum absolute atomic E-state index is 14.9. The topological polar surface area (TPSA) is 68.7 Å². The van der Waals surface area contributed by atoms with Gasteiger partial charge in [0.1, 0.15) is 18.2 Å². The van der Waals surface area contributed by atoms with Crippen molar-refractivity contribution in [1.29, 1.82) is 0 Å². The molecule has 6 heteroatoms. The molecule has 1 atom stereocenters. The van der Waals surface area contributed by atoms with Gasteiger partial charge in [-0.15, -0.1) is 0 Å². The normalized spacial score (nSPS) is 16.7. The Morgan fingerprint density at radius 3 is 2.62 bits per heavy atom. The molecule has 1 aliphatic carbocycles. The van der Waals surface area contributed by atoms with Crippen molar-refractivity contribution in [1.82, 2.24) is 4.98 Å². The van der Waals surface area contributed by atoms with E-state index < -0.39 is 5.97 Å². The first-order valence-corrected chi connectivity index (χ1v) is 13.9. The van der Waals surface area contributed by atoms with E-state index in [1.54, 1.807) is 6.07 Å². The van der Waals surface area contributed by atoms with Crippen LogP contribution < -0.4 is 9.47 Å². The van der Waals surface area contributed by atoms with Crippen molar-refractivity contribution in [3.05, 3.63) is 76.7 Å². The van der Waals surface area contributed by atoms with E-state index in [9.17, 15) is 14.3 Å². The lowest BCUT2D eigenvalue weighted by Gasteiger charge is -2.27. The molecule has 208 valence electrons. The van der Waals surface area contributed by atoms with Gasteiger partial charge in [-0.2, -0.15) is 0 Å². The number of ether oxygens (including phenoxy) is 2. The molecule has 0 saturated heterocycles. The molecule has 1 heterocycles. The molecule has 39 heavy (non-hydrogen) atoms. The number of benzene rings is 2. The van der Waals surface area contributed by atoms with Crippen LogP contribution in [0.5, 0.6) is 11.6 Å². The lowest BCUT2D eigenvalue weighted by molar-refractivity contribution is -0.138. The Hall–Kier alpha value is -3.41. The Bertz CT molecular complexity index is 1340. The van der Waals surface area contributed by atoms with Crippen LogP contribution in [0.3, 0.4) is 0 Å². The van der Waals surface area contributed by atoms with E-state index in [4.69, 9.17) is 9.47 Å². The Morgan fingerprint density at radius 1 is 1.13 bits per heavy atom. The maximum Gasteiger partial charge on any atom is 0.304 e. The molecule has 5 nitrogen and oxygen atoms in total. The van der Waals surface area contributed by atoms with Crippen molar-refractivity contribution < 1.29 is 23.8 Å². The van der Waals surface area contributed by atoms with E-state index in [1.165, 1.54) is 18.9 Å². The molecule has 2 aromatic carbocycles. The Morgan fingerprint density at radius 2 is 1.92 bits per heavy atom. The number of carbonyl (C=O) groups is 1. The number of aromatic nitrogens is 1. The van der Waals surface area contributed by atoms with Gasteiger partial charge < -0.3 is 14.6 Å². The summed E-state index contributed by atoms with van der Waals surface area (Å²) in [7, 11) is 1.53. The summed E-state index contributed by atoms with van der Waals surface area (Å²) in [5, 5.41) is 9.54. The fourth-order valence-electron chi connectivity index (χ4n) is 6.16. The zero-order valence-corrected chi connectivity index (χ0v) is 23.8. The molecule has 4 rings (SSSR count). The number of halogens is 1. The van der Waals surface area contributed by atoms with Crippen molar-refractivity contribution in [3.63, 3.8) is 0 Å². The molecule has 3 aromatic rings. The van der Waals surface area contributed by atoms with Crippen LogP contribution in [0.25, 0.3) is 11.1 Å². The number of hydrogen-bond donors (Lipinski definition) is 1. The van der Waals surface area contributed by atoms with Crippen LogP contribution in [0.4, 0.5) is 4.39 Å². The second-order valence-corrected chi connectivity index (χ2v) is 11.6. The van der Waals surface area contributed by atoms with Crippen molar-refractivity contribution in [3.8, 4) is 22.8 Å². The van der Waals surface area contributed by atoms with Gasteiger partial charge in [-0.05, 0) is 77.5 Å². The first kappa shape index (κ1) is 28.6. The first-order valence-electron chi connectivity index (χ1n) is 13.9. The number of carboxylic acid groups (broad SMARTS) is 1. The number of carboxylic acids is 1. The Balaban J connectivity index is 1.63. The lowest BCUT2D eigenvalue weighted by Crippen LogP contribution is -2.25. The van der Waals surface area contributed by atoms with E-state index in [2.05, 4.69) is 44.8 Å². The van der Waals surface area contributed by atoms with Gasteiger partial charge >= 0.3 is 5.97 Å². The number of nitrogens with zero attached hydrogens (tertiary/aromatic N) is 1. The molecule has 0 amide bonds. The highest BCUT2D eigenvalue weighted by molar-refractivity contribution is 5.70. The summed E-state index contributed by atoms with van der Waals surface area (Å²) < 4.78 is 26.4. The summed E-state index contributed by atoms with van der Waals surface area (Å²) in [4.78, 5) is 15.6. The molecule has 0 radical (unpaired) electrons. The van der Waals surface area contributed by atoms with Gasteiger partial charge in [-0.1, -0.05) is 58.4 Å². The van der Waals surface area contributed by atoms with Crippen molar-refractivity contribution >= 4 is 5.97 Å². The predicted molar refractivity (Wildman–Crippen MR) is 152 cm³/mol. The van der Waals surface area contributed by atoms with Gasteiger partial charge in [0.2, 0.25) is 5.88 Å². The Labute approximate surface area is 231 Å². The molecular weight excluding hydrogens is 493 g/mol. The van der Waals surface area contributed by atoms with Gasteiger partial charge in [-0.25, -0.2) is 9.37 Å². The third kappa shape index (κ3) is 6.43. The average molecular weight is 534 g/mol. The second kappa shape index (κ2) is 11.8. The highest BCUT2D eigenvalue weighted by Gasteiger charge is 2.39. The molecule has 0 saturated carbocycles. The van der Waals surface area contributed by atoms with Crippen molar-refractivity contribution in [2.75, 3.05) is 7.11 Å². The molecular formula is C33H40FNO4. The monoisotopic (exact) mass is 533 g/mol. The predicted octanol–water partition coefficient (Wildman–Crippen LogP) is 7.91. The van der Waals surface area contributed by atoms with Crippen molar-refractivity contribution in [2.45, 2.75) is 84.7 Å². The van der Waals surface area contributed by atoms with E-state index >= 15 is 0 Å². The molecule has 1 unspecified atom stereocenters. The van der Waals surface area contributed by atoms with Gasteiger partial charge in [0.25, 0.3) is 0 Å². The molecule has 0 fully saturated rings. The van der Waals surface area contributed by atoms with Gasteiger partial charge in [-0.3, -0.25) is 4.79 Å². The summed E-state index contributed by atoms with van der Waals surface area (Å²) in [6.45, 7) is 9.10. The molecule has 1 N–H and O–H groups in total. The number of hydrogen-bond acceptors (Lipinski definition) is 4. The minimum atomic E-state index is -0.766. The molecule has 0 aliphatic heterocycles. The maximum atomic E-state index is 14.9. The van der Waals surface area contributed by atoms with E-state index in [1.807, 2.05) is 24.3 Å². The average Bonchev–Trinajstić information content (AvgIpc) is 3.25. The summed E-state index contributed by atoms with van der Waals surface area (Å²) >= 11 is 0. The number of methoxy groups -OCH3 is 1. The van der Waals surface area contributed by atoms with Gasteiger partial charge in [0.05, 0.1) is 19.7 Å². The van der Waals surface area contributed by atoms with Crippen LogP contribution in [0.15, 0.2) is 48.7 Å². The van der Waals surface area contributed by atoms with Crippen LogP contribution in [-0.2, 0) is 29.7 Å². The van der Waals surface area contributed by atoms with Crippen LogP contribution >= 0.6 is 0 Å². The number of fused-ring (bicyclic) bond motifs is 1. The fraction of sp³-hybridized carbons (Fsp3) is 0.455. The van der Waals surface area contributed by atoms with E-state index in [-0.39, 0.29) is 23.1 Å². The zero-order valence-electron chi connectivity index (χ0n) is 23.8. The van der Waals surface area contributed by atoms with Gasteiger partial charge in [0.15, 0.2) is 0 Å². The van der Waals surface area contributed by atoms with Gasteiger partial charge in [0, 0.05) is 17.0 Å². The largest absolute Gasteiger partial charge is 0.489 e. The van der Waals surface area contributed by atoms with Crippen molar-refractivity contribution in [2.24, 2.45) is 5.41 Å². The Kier molecular flexibility index (Phi) is 8.63. The van der Waals surface area contributed by atoms with E-state index in [0.717, 1.165) is 66.5 Å². The summed E-state index contributed by atoms with van der Waals surface area (Å²) in [5.41, 5.74) is 5.39. The zero-order chi connectivity index (χ0) is 28.2. The van der Waals surface area contributed by atoms with Crippen LogP contribution in [0, 0.1) is 11.2 Å². The smallest absolute Gasteiger partial charge is 0.304 e. The number of aliphatic carboxylic acids is 1. The quantitative estimate of drug-likeness (QED) is 0.256. The molecule has 0 spiro atoms. The summed E-state index contributed by atoms with van der Waals surface area (Å²) in [6, 6.07) is 13.8. The highest BCUT2D eigenvalue weighted by Crippen LogP contribution is 2.45. The van der Waals surface area contributed by atoms with E-state index in [0.29, 0.717) is 18.1 Å². The van der Waals surface area contributed by atoms with Crippen LogP contribution in [-0.4, -0.2) is 23.2 Å². The summed E-state index contributed by atoms with van der Waals surface area (Å²) in [5.74, 6) is -0.0351.